The van der Waals surface area contributed by atoms with Crippen LogP contribution in [0.15, 0.2) is 24.5 Å². The van der Waals surface area contributed by atoms with Crippen LogP contribution in [0.25, 0.3) is 0 Å². The summed E-state index contributed by atoms with van der Waals surface area (Å²) in [5.74, 6) is -1.93. The van der Waals surface area contributed by atoms with Gasteiger partial charge in [0.05, 0.1) is 6.04 Å². The van der Waals surface area contributed by atoms with Crippen LogP contribution in [0.4, 0.5) is 19.4 Å². The normalized spacial score (nSPS) is 19.3. The third-order valence-electron chi connectivity index (χ3n) is 4.40. The van der Waals surface area contributed by atoms with Crippen molar-refractivity contribution in [2.45, 2.75) is 38.3 Å². The number of alkyl carbamates (subject to hydrolysis) is 1. The molecule has 0 spiro atoms. The van der Waals surface area contributed by atoms with E-state index >= 15 is 0 Å². The molecule has 2 aromatic rings. The molecule has 2 heterocycles. The van der Waals surface area contributed by atoms with Crippen LogP contribution in [0.2, 0.25) is 10.2 Å². The van der Waals surface area contributed by atoms with Gasteiger partial charge in [0.15, 0.2) is 11.6 Å². The highest BCUT2D eigenvalue weighted by atomic mass is 35.5. The van der Waals surface area contributed by atoms with Crippen molar-refractivity contribution in [3.05, 3.63) is 51.9 Å². The molecule has 6 nitrogen and oxygen atoms in total. The Balaban J connectivity index is 1.91. The summed E-state index contributed by atoms with van der Waals surface area (Å²) in [7, 11) is 0. The number of aromatic nitrogens is 2. The van der Waals surface area contributed by atoms with E-state index in [2.05, 4.69) is 15.3 Å². The van der Waals surface area contributed by atoms with Gasteiger partial charge >= 0.3 is 6.09 Å². The second-order valence-electron chi connectivity index (χ2n) is 7.75. The first-order chi connectivity index (χ1) is 13.5. The Morgan fingerprint density at radius 2 is 1.86 bits per heavy atom. The fourth-order valence-electron chi connectivity index (χ4n) is 3.23. The van der Waals surface area contributed by atoms with Crippen LogP contribution in [0.3, 0.4) is 0 Å². The van der Waals surface area contributed by atoms with Crippen molar-refractivity contribution in [2.75, 3.05) is 18.0 Å². The molecule has 1 aliphatic rings. The molecule has 3 rings (SSSR count). The van der Waals surface area contributed by atoms with Gasteiger partial charge in [-0.25, -0.2) is 23.5 Å². The Kier molecular flexibility index (Phi) is 6.14. The summed E-state index contributed by atoms with van der Waals surface area (Å²) < 4.78 is 32.8. The van der Waals surface area contributed by atoms with E-state index in [0.29, 0.717) is 24.5 Å². The predicted octanol–water partition coefficient (Wildman–Crippen LogP) is 4.56. The Labute approximate surface area is 177 Å². The first-order valence-corrected chi connectivity index (χ1v) is 9.65. The molecule has 1 aromatic carbocycles. The van der Waals surface area contributed by atoms with Gasteiger partial charge < -0.3 is 15.0 Å². The van der Waals surface area contributed by atoms with E-state index in [1.165, 1.54) is 6.33 Å². The number of rotatable bonds is 3. The average Bonchev–Trinajstić information content (AvgIpc) is 3.00. The van der Waals surface area contributed by atoms with Crippen molar-refractivity contribution < 1.29 is 18.3 Å². The van der Waals surface area contributed by atoms with E-state index in [0.717, 1.165) is 12.1 Å². The summed E-state index contributed by atoms with van der Waals surface area (Å²) >= 11 is 12.1. The number of amides is 1. The quantitative estimate of drug-likeness (QED) is 0.555. The zero-order chi connectivity index (χ0) is 21.3. The maximum atomic E-state index is 13.9. The second kappa shape index (κ2) is 8.28. The lowest BCUT2D eigenvalue weighted by Crippen LogP contribution is -2.42. The number of carbonyl (C=O) groups is 1. The van der Waals surface area contributed by atoms with Crippen molar-refractivity contribution >= 4 is 35.1 Å². The maximum Gasteiger partial charge on any atom is 0.407 e. The molecule has 2 unspecified atom stereocenters. The standard InChI is InChI=1S/C19H20Cl2F2N4O2/c1-19(2,3)29-18(28)26-15-8-27(17-6-16(21)24-9-25-17)7-11(15)10-4-13(22)14(23)5-12(10)20/h4-6,9,11,15H,7-8H2,1-3H3,(H,26,28). The van der Waals surface area contributed by atoms with Crippen LogP contribution in [-0.2, 0) is 4.74 Å². The molecular weight excluding hydrogens is 425 g/mol. The number of nitrogens with zero attached hydrogens (tertiary/aromatic N) is 3. The van der Waals surface area contributed by atoms with Crippen molar-refractivity contribution in [2.24, 2.45) is 0 Å². The number of hydrogen-bond acceptors (Lipinski definition) is 5. The number of halogens is 4. The highest BCUT2D eigenvalue weighted by Gasteiger charge is 2.38. The van der Waals surface area contributed by atoms with Gasteiger partial charge in [0.2, 0.25) is 0 Å². The van der Waals surface area contributed by atoms with Crippen LogP contribution in [0.1, 0.15) is 32.3 Å². The first-order valence-electron chi connectivity index (χ1n) is 8.90. The van der Waals surface area contributed by atoms with Crippen LogP contribution in [0, 0.1) is 11.6 Å². The van der Waals surface area contributed by atoms with Crippen LogP contribution < -0.4 is 10.2 Å². The van der Waals surface area contributed by atoms with Crippen molar-refractivity contribution in [3.63, 3.8) is 0 Å². The lowest BCUT2D eigenvalue weighted by molar-refractivity contribution is 0.0505. The summed E-state index contributed by atoms with van der Waals surface area (Å²) in [5.41, 5.74) is -0.299. The molecule has 1 aliphatic heterocycles. The average molecular weight is 445 g/mol. The Morgan fingerprint density at radius 1 is 1.17 bits per heavy atom. The van der Waals surface area contributed by atoms with Crippen LogP contribution in [-0.4, -0.2) is 40.8 Å². The second-order valence-corrected chi connectivity index (χ2v) is 8.55. The smallest absolute Gasteiger partial charge is 0.407 e. The van der Waals surface area contributed by atoms with Gasteiger partial charge in [-0.15, -0.1) is 0 Å². The summed E-state index contributed by atoms with van der Waals surface area (Å²) in [6.45, 7) is 5.94. The molecule has 10 heteroatoms. The molecule has 0 radical (unpaired) electrons. The van der Waals surface area contributed by atoms with E-state index in [1.807, 2.05) is 4.90 Å². The first kappa shape index (κ1) is 21.5. The van der Waals surface area contributed by atoms with Crippen LogP contribution in [0.5, 0.6) is 0 Å². The molecule has 0 aliphatic carbocycles. The lowest BCUT2D eigenvalue weighted by atomic mass is 9.94. The number of ether oxygens (including phenoxy) is 1. The molecule has 2 atom stereocenters. The number of benzene rings is 1. The molecule has 156 valence electrons. The minimum atomic E-state index is -1.03. The number of hydrogen-bond donors (Lipinski definition) is 1. The third kappa shape index (κ3) is 5.25. The van der Waals surface area contributed by atoms with Gasteiger partial charge in [-0.05, 0) is 38.5 Å². The van der Waals surface area contributed by atoms with Gasteiger partial charge in [0.25, 0.3) is 0 Å². The third-order valence-corrected chi connectivity index (χ3v) is 4.94. The molecule has 29 heavy (non-hydrogen) atoms. The minimum Gasteiger partial charge on any atom is -0.444 e. The van der Waals surface area contributed by atoms with E-state index in [1.54, 1.807) is 26.8 Å². The fraction of sp³-hybridized carbons (Fsp3) is 0.421. The van der Waals surface area contributed by atoms with E-state index < -0.39 is 35.3 Å². The summed E-state index contributed by atoms with van der Waals surface area (Å²) in [5, 5.41) is 3.15. The Hall–Kier alpha value is -2.19. The van der Waals surface area contributed by atoms with Crippen LogP contribution >= 0.6 is 23.2 Å². The van der Waals surface area contributed by atoms with Crippen molar-refractivity contribution in [1.29, 1.82) is 0 Å². The molecule has 1 saturated heterocycles. The topological polar surface area (TPSA) is 67.3 Å². The molecule has 0 saturated carbocycles. The largest absolute Gasteiger partial charge is 0.444 e. The number of anilines is 1. The van der Waals surface area contributed by atoms with Gasteiger partial charge in [-0.2, -0.15) is 0 Å². The van der Waals surface area contributed by atoms with Gasteiger partial charge in [-0.3, -0.25) is 0 Å². The number of carbonyl (C=O) groups excluding carboxylic acids is 1. The SMILES string of the molecule is CC(C)(C)OC(=O)NC1CN(c2cc(Cl)ncn2)CC1c1cc(F)c(F)cc1Cl. The predicted molar refractivity (Wildman–Crippen MR) is 107 cm³/mol. The van der Waals surface area contributed by atoms with E-state index in [-0.39, 0.29) is 10.2 Å². The zero-order valence-corrected chi connectivity index (χ0v) is 17.6. The Bertz CT molecular complexity index is 924. The van der Waals surface area contributed by atoms with Gasteiger partial charge in [-0.1, -0.05) is 23.2 Å². The van der Waals surface area contributed by atoms with E-state index in [9.17, 15) is 13.6 Å². The fourth-order valence-corrected chi connectivity index (χ4v) is 3.66. The number of nitrogens with one attached hydrogen (secondary N) is 1. The summed E-state index contributed by atoms with van der Waals surface area (Å²) in [6, 6.07) is 3.09. The van der Waals surface area contributed by atoms with Crippen molar-refractivity contribution in [1.82, 2.24) is 15.3 Å². The highest BCUT2D eigenvalue weighted by Crippen LogP contribution is 2.35. The Morgan fingerprint density at radius 3 is 2.52 bits per heavy atom. The van der Waals surface area contributed by atoms with Crippen molar-refractivity contribution in [3.8, 4) is 0 Å². The molecule has 1 aromatic heterocycles. The zero-order valence-electron chi connectivity index (χ0n) is 16.0. The summed E-state index contributed by atoms with van der Waals surface area (Å²) in [4.78, 5) is 22.2. The minimum absolute atomic E-state index is 0.0764. The highest BCUT2D eigenvalue weighted by molar-refractivity contribution is 6.31. The maximum absolute atomic E-state index is 13.9. The molecular formula is C19H20Cl2F2N4O2. The monoisotopic (exact) mass is 444 g/mol. The molecule has 1 fully saturated rings. The summed E-state index contributed by atoms with van der Waals surface area (Å²) in [6.07, 6.45) is 0.708. The van der Waals surface area contributed by atoms with Gasteiger partial charge in [0.1, 0.15) is 22.9 Å². The van der Waals surface area contributed by atoms with Gasteiger partial charge in [0, 0.05) is 30.1 Å². The molecule has 1 amide bonds. The lowest BCUT2D eigenvalue weighted by Gasteiger charge is -2.24. The van der Waals surface area contributed by atoms with E-state index in [4.69, 9.17) is 27.9 Å². The molecule has 1 N–H and O–H groups in total. The molecule has 0 bridgehead atoms.